The van der Waals surface area contributed by atoms with E-state index in [0.29, 0.717) is 6.42 Å². The van der Waals surface area contributed by atoms with Crippen LogP contribution in [0.15, 0.2) is 48.9 Å². The molecule has 84 valence electrons. The molecule has 17 heavy (non-hydrogen) atoms. The number of rotatable bonds is 1. The van der Waals surface area contributed by atoms with Gasteiger partial charge in [-0.2, -0.15) is 0 Å². The molecule has 1 unspecified atom stereocenters. The number of benzene rings is 1. The molecule has 1 aliphatic rings. The van der Waals surface area contributed by atoms with Crippen molar-refractivity contribution in [2.24, 2.45) is 0 Å². The van der Waals surface area contributed by atoms with E-state index in [1.807, 2.05) is 30.3 Å². The first-order chi connectivity index (χ1) is 8.34. The number of carbonyl (C=O) groups excluding carboxylic acids is 1. The number of ether oxygens (including phenoxy) is 1. The standard InChI is InChI=1S/C14H11NO2/c16-10-6-8-17-14(9-10)12-5-7-15-13-4-2-1-3-11(12)13/h1-8,14H,9H2. The molecule has 1 aliphatic heterocycles. The van der Waals surface area contributed by atoms with Crippen LogP contribution in [0.5, 0.6) is 0 Å². The summed E-state index contributed by atoms with van der Waals surface area (Å²) in [4.78, 5) is 15.7. The first-order valence-corrected chi connectivity index (χ1v) is 5.53. The largest absolute Gasteiger partial charge is 0.493 e. The molecule has 3 rings (SSSR count). The zero-order valence-corrected chi connectivity index (χ0v) is 9.17. The number of para-hydroxylation sites is 1. The number of aromatic nitrogens is 1. The quantitative estimate of drug-likeness (QED) is 0.749. The molecule has 0 radical (unpaired) electrons. The summed E-state index contributed by atoms with van der Waals surface area (Å²) < 4.78 is 5.51. The van der Waals surface area contributed by atoms with Gasteiger partial charge in [0.2, 0.25) is 0 Å². The van der Waals surface area contributed by atoms with Gasteiger partial charge in [-0.15, -0.1) is 0 Å². The van der Waals surface area contributed by atoms with Crippen LogP contribution in [-0.2, 0) is 9.53 Å². The van der Waals surface area contributed by atoms with Gasteiger partial charge in [0, 0.05) is 23.2 Å². The van der Waals surface area contributed by atoms with E-state index in [4.69, 9.17) is 4.74 Å². The van der Waals surface area contributed by atoms with E-state index in [9.17, 15) is 4.79 Å². The first-order valence-electron chi connectivity index (χ1n) is 5.53. The number of fused-ring (bicyclic) bond motifs is 1. The minimum Gasteiger partial charge on any atom is -0.493 e. The minimum absolute atomic E-state index is 0.0992. The van der Waals surface area contributed by atoms with E-state index in [2.05, 4.69) is 4.98 Å². The number of ketones is 1. The summed E-state index contributed by atoms with van der Waals surface area (Å²) in [5.74, 6) is 0.0992. The van der Waals surface area contributed by atoms with Crippen LogP contribution in [0.1, 0.15) is 18.1 Å². The van der Waals surface area contributed by atoms with Gasteiger partial charge in [0.05, 0.1) is 18.2 Å². The highest BCUT2D eigenvalue weighted by atomic mass is 16.5. The molecule has 3 nitrogen and oxygen atoms in total. The zero-order chi connectivity index (χ0) is 11.7. The van der Waals surface area contributed by atoms with Crippen LogP contribution in [0.4, 0.5) is 0 Å². The van der Waals surface area contributed by atoms with Crippen LogP contribution in [0.25, 0.3) is 10.9 Å². The highest BCUT2D eigenvalue weighted by Gasteiger charge is 2.20. The van der Waals surface area contributed by atoms with E-state index in [1.165, 1.54) is 12.3 Å². The molecule has 0 saturated heterocycles. The summed E-state index contributed by atoms with van der Waals surface area (Å²) in [5.41, 5.74) is 1.95. The Labute approximate surface area is 98.7 Å². The van der Waals surface area contributed by atoms with Crippen molar-refractivity contribution in [3.63, 3.8) is 0 Å². The van der Waals surface area contributed by atoms with E-state index in [-0.39, 0.29) is 11.9 Å². The molecule has 3 heteroatoms. The second-order valence-electron chi connectivity index (χ2n) is 4.02. The van der Waals surface area contributed by atoms with E-state index in [1.54, 1.807) is 6.20 Å². The molecule has 1 aromatic heterocycles. The van der Waals surface area contributed by atoms with Gasteiger partial charge in [-0.05, 0) is 12.1 Å². The molecular weight excluding hydrogens is 214 g/mol. The third kappa shape index (κ3) is 1.80. The molecule has 2 aromatic rings. The molecular formula is C14H11NO2. The Morgan fingerprint density at radius 3 is 3.00 bits per heavy atom. The number of nitrogens with zero attached hydrogens (tertiary/aromatic N) is 1. The number of hydrogen-bond acceptors (Lipinski definition) is 3. The lowest BCUT2D eigenvalue weighted by Gasteiger charge is -2.20. The van der Waals surface area contributed by atoms with Crippen molar-refractivity contribution in [3.8, 4) is 0 Å². The molecule has 0 saturated carbocycles. The van der Waals surface area contributed by atoms with Gasteiger partial charge >= 0.3 is 0 Å². The van der Waals surface area contributed by atoms with Crippen molar-refractivity contribution in [1.29, 1.82) is 0 Å². The van der Waals surface area contributed by atoms with E-state index >= 15 is 0 Å². The highest BCUT2D eigenvalue weighted by Crippen LogP contribution is 2.30. The smallest absolute Gasteiger partial charge is 0.162 e. The van der Waals surface area contributed by atoms with Crippen molar-refractivity contribution in [2.45, 2.75) is 12.5 Å². The minimum atomic E-state index is -0.194. The molecule has 0 amide bonds. The molecule has 0 bridgehead atoms. The predicted octanol–water partition coefficient (Wildman–Crippen LogP) is 2.78. The second kappa shape index (κ2) is 4.01. The van der Waals surface area contributed by atoms with Crippen LogP contribution in [0.2, 0.25) is 0 Å². The van der Waals surface area contributed by atoms with Crippen molar-refractivity contribution < 1.29 is 9.53 Å². The third-order valence-electron chi connectivity index (χ3n) is 2.91. The third-order valence-corrected chi connectivity index (χ3v) is 2.91. The van der Waals surface area contributed by atoms with Gasteiger partial charge in [0.1, 0.15) is 6.10 Å². The summed E-state index contributed by atoms with van der Waals surface area (Å²) in [6.45, 7) is 0. The molecule has 0 aliphatic carbocycles. The second-order valence-corrected chi connectivity index (χ2v) is 4.02. The van der Waals surface area contributed by atoms with Crippen LogP contribution in [0, 0.1) is 0 Å². The van der Waals surface area contributed by atoms with Gasteiger partial charge in [-0.25, -0.2) is 0 Å². The van der Waals surface area contributed by atoms with Gasteiger partial charge in [0.25, 0.3) is 0 Å². The van der Waals surface area contributed by atoms with Gasteiger partial charge in [-0.3, -0.25) is 9.78 Å². The number of pyridine rings is 1. The SMILES string of the molecule is O=C1C=COC(c2ccnc3ccccc23)C1. The van der Waals surface area contributed by atoms with Crippen LogP contribution < -0.4 is 0 Å². The normalized spacial score (nSPS) is 19.3. The fourth-order valence-corrected chi connectivity index (χ4v) is 2.09. The van der Waals surface area contributed by atoms with E-state index < -0.39 is 0 Å². The first kappa shape index (κ1) is 10.0. The summed E-state index contributed by atoms with van der Waals surface area (Å²) in [6.07, 6.45) is 4.90. The van der Waals surface area contributed by atoms with Crippen molar-refractivity contribution in [3.05, 3.63) is 54.4 Å². The lowest BCUT2D eigenvalue weighted by atomic mass is 9.99. The fourth-order valence-electron chi connectivity index (χ4n) is 2.09. The van der Waals surface area contributed by atoms with Crippen molar-refractivity contribution >= 4 is 16.7 Å². The topological polar surface area (TPSA) is 39.2 Å². The Kier molecular flexibility index (Phi) is 2.37. The molecule has 2 heterocycles. The van der Waals surface area contributed by atoms with Crippen molar-refractivity contribution in [1.82, 2.24) is 4.98 Å². The maximum absolute atomic E-state index is 11.4. The Bertz CT molecular complexity index is 599. The van der Waals surface area contributed by atoms with Crippen LogP contribution >= 0.6 is 0 Å². The van der Waals surface area contributed by atoms with Crippen molar-refractivity contribution in [2.75, 3.05) is 0 Å². The molecule has 0 spiro atoms. The van der Waals surface area contributed by atoms with E-state index in [0.717, 1.165) is 16.5 Å². The summed E-state index contributed by atoms with van der Waals surface area (Å²) >= 11 is 0. The predicted molar refractivity (Wildman–Crippen MR) is 64.3 cm³/mol. The maximum atomic E-state index is 11.4. The summed E-state index contributed by atoms with van der Waals surface area (Å²) in [5, 5.41) is 1.04. The Morgan fingerprint density at radius 1 is 1.24 bits per heavy atom. The Morgan fingerprint density at radius 2 is 2.12 bits per heavy atom. The number of hydrogen-bond donors (Lipinski definition) is 0. The average Bonchev–Trinajstić information content (AvgIpc) is 2.38. The Balaban J connectivity index is 2.11. The number of carbonyl (C=O) groups is 1. The Hall–Kier alpha value is -2.16. The fraction of sp³-hybridized carbons (Fsp3) is 0.143. The van der Waals surface area contributed by atoms with Gasteiger partial charge < -0.3 is 4.74 Å². The molecule has 1 atom stereocenters. The van der Waals surface area contributed by atoms with Crippen LogP contribution in [-0.4, -0.2) is 10.8 Å². The molecule has 0 fully saturated rings. The molecule has 0 N–H and O–H groups in total. The average molecular weight is 225 g/mol. The van der Waals surface area contributed by atoms with Crippen LogP contribution in [0.3, 0.4) is 0 Å². The summed E-state index contributed by atoms with van der Waals surface area (Å²) in [6, 6.07) is 9.79. The van der Waals surface area contributed by atoms with Gasteiger partial charge in [-0.1, -0.05) is 18.2 Å². The lowest BCUT2D eigenvalue weighted by Crippen LogP contribution is -2.11. The number of allylic oxidation sites excluding steroid dienone is 1. The lowest BCUT2D eigenvalue weighted by molar-refractivity contribution is -0.118. The highest BCUT2D eigenvalue weighted by molar-refractivity contribution is 5.91. The monoisotopic (exact) mass is 225 g/mol. The summed E-state index contributed by atoms with van der Waals surface area (Å²) in [7, 11) is 0. The maximum Gasteiger partial charge on any atom is 0.162 e. The zero-order valence-electron chi connectivity index (χ0n) is 9.17. The molecule has 1 aromatic carbocycles. The van der Waals surface area contributed by atoms with Gasteiger partial charge in [0.15, 0.2) is 5.78 Å².